The maximum Gasteiger partial charge on any atom is 0.221 e. The summed E-state index contributed by atoms with van der Waals surface area (Å²) >= 11 is 5.97. The molecule has 0 saturated carbocycles. The highest BCUT2D eigenvalue weighted by molar-refractivity contribution is 6.31. The zero-order valence-electron chi connectivity index (χ0n) is 14.0. The molecule has 1 N–H and O–H groups in total. The molecule has 3 rings (SSSR count). The van der Waals surface area contributed by atoms with Crippen molar-refractivity contribution < 1.29 is 9.53 Å². The third-order valence-electron chi connectivity index (χ3n) is 4.02. The lowest BCUT2D eigenvalue weighted by Gasteiger charge is -2.07. The number of fused-ring (bicyclic) bond motifs is 1. The highest BCUT2D eigenvalue weighted by atomic mass is 35.5. The van der Waals surface area contributed by atoms with Gasteiger partial charge in [-0.3, -0.25) is 9.48 Å². The van der Waals surface area contributed by atoms with Crippen molar-refractivity contribution in [3.63, 3.8) is 0 Å². The van der Waals surface area contributed by atoms with Crippen molar-refractivity contribution in [3.05, 3.63) is 59.2 Å². The third-order valence-corrected chi connectivity index (χ3v) is 4.26. The Hall–Kier alpha value is -2.53. The highest BCUT2D eigenvalue weighted by Crippen LogP contribution is 2.19. The van der Waals surface area contributed by atoms with E-state index in [1.807, 2.05) is 47.1 Å². The molecule has 0 aliphatic carbocycles. The number of nitrogens with one attached hydrogen (secondary N) is 1. The van der Waals surface area contributed by atoms with Gasteiger partial charge in [0.05, 0.1) is 25.4 Å². The molecule has 0 radical (unpaired) electrons. The van der Waals surface area contributed by atoms with E-state index in [9.17, 15) is 4.79 Å². The highest BCUT2D eigenvalue weighted by Gasteiger charge is 2.06. The third kappa shape index (κ3) is 4.51. The maximum absolute atomic E-state index is 12.0. The zero-order valence-corrected chi connectivity index (χ0v) is 14.8. The Labute approximate surface area is 151 Å². The van der Waals surface area contributed by atoms with E-state index in [1.165, 1.54) is 0 Å². The number of hydrogen-bond donors (Lipinski definition) is 1. The Morgan fingerprint density at radius 3 is 3.00 bits per heavy atom. The normalized spacial score (nSPS) is 10.8. The van der Waals surface area contributed by atoms with Crippen LogP contribution in [-0.4, -0.2) is 29.3 Å². The van der Waals surface area contributed by atoms with Gasteiger partial charge in [-0.15, -0.1) is 0 Å². The minimum Gasteiger partial charge on any atom is -0.497 e. The van der Waals surface area contributed by atoms with Gasteiger partial charge in [-0.2, -0.15) is 5.10 Å². The minimum absolute atomic E-state index is 0.0144. The fourth-order valence-corrected chi connectivity index (χ4v) is 2.89. The summed E-state index contributed by atoms with van der Waals surface area (Å²) in [6.45, 7) is 1.14. The molecule has 0 spiro atoms. The van der Waals surface area contributed by atoms with Crippen molar-refractivity contribution in [2.45, 2.75) is 19.4 Å². The molecule has 0 fully saturated rings. The molecule has 5 nitrogen and oxygen atoms in total. The van der Waals surface area contributed by atoms with E-state index < -0.39 is 0 Å². The minimum atomic E-state index is 0.0144. The van der Waals surface area contributed by atoms with Crippen molar-refractivity contribution in [2.24, 2.45) is 0 Å². The van der Waals surface area contributed by atoms with E-state index in [1.54, 1.807) is 13.3 Å². The molecule has 3 aromatic rings. The number of benzene rings is 2. The number of aryl methyl sites for hydroxylation is 1. The van der Waals surface area contributed by atoms with Gasteiger partial charge in [0.1, 0.15) is 5.75 Å². The number of aromatic nitrogens is 2. The van der Waals surface area contributed by atoms with E-state index in [0.29, 0.717) is 24.5 Å². The van der Waals surface area contributed by atoms with Gasteiger partial charge in [-0.05, 0) is 42.3 Å². The number of carbonyl (C=O) groups is 1. The maximum atomic E-state index is 12.0. The lowest BCUT2D eigenvalue weighted by molar-refractivity contribution is -0.121. The first kappa shape index (κ1) is 17.3. The standard InChI is InChI=1S/C19H20ClN3O2/c1-25-17-4-2-3-14(11-17)7-9-21-19(24)8-10-23-18-6-5-16(20)12-15(18)13-22-23/h2-6,11-13H,7-10H2,1H3,(H,21,24). The number of hydrogen-bond acceptors (Lipinski definition) is 3. The fraction of sp³-hybridized carbons (Fsp3) is 0.263. The molecule has 2 aromatic carbocycles. The Bertz CT molecular complexity index is 876. The van der Waals surface area contributed by atoms with Gasteiger partial charge < -0.3 is 10.1 Å². The Morgan fingerprint density at radius 2 is 2.16 bits per heavy atom. The van der Waals surface area contributed by atoms with E-state index in [-0.39, 0.29) is 5.91 Å². The van der Waals surface area contributed by atoms with Crippen LogP contribution in [0.15, 0.2) is 48.7 Å². The topological polar surface area (TPSA) is 56.1 Å². The van der Waals surface area contributed by atoms with Gasteiger partial charge in [0.25, 0.3) is 0 Å². The summed E-state index contributed by atoms with van der Waals surface area (Å²) in [6.07, 6.45) is 2.92. The van der Waals surface area contributed by atoms with E-state index in [4.69, 9.17) is 16.3 Å². The van der Waals surface area contributed by atoms with Crippen LogP contribution in [0, 0.1) is 0 Å². The monoisotopic (exact) mass is 357 g/mol. The molecule has 0 bridgehead atoms. The van der Waals surface area contributed by atoms with E-state index in [2.05, 4.69) is 10.4 Å². The molecule has 1 aromatic heterocycles. The fourth-order valence-electron chi connectivity index (χ4n) is 2.71. The van der Waals surface area contributed by atoms with Gasteiger partial charge in [-0.25, -0.2) is 0 Å². The van der Waals surface area contributed by atoms with Crippen LogP contribution in [0.25, 0.3) is 10.9 Å². The smallest absolute Gasteiger partial charge is 0.221 e. The predicted octanol–water partition coefficient (Wildman–Crippen LogP) is 3.45. The van der Waals surface area contributed by atoms with Gasteiger partial charge in [0.2, 0.25) is 5.91 Å². The summed E-state index contributed by atoms with van der Waals surface area (Å²) in [5.74, 6) is 0.843. The molecule has 0 aliphatic heterocycles. The lowest BCUT2D eigenvalue weighted by atomic mass is 10.1. The molecule has 0 unspecified atom stereocenters. The van der Waals surface area contributed by atoms with Crippen molar-refractivity contribution in [3.8, 4) is 5.75 Å². The molecule has 6 heteroatoms. The van der Waals surface area contributed by atoms with Crippen LogP contribution in [0.3, 0.4) is 0 Å². The van der Waals surface area contributed by atoms with Crippen LogP contribution >= 0.6 is 11.6 Å². The molecule has 1 amide bonds. The summed E-state index contributed by atoms with van der Waals surface area (Å²) in [6, 6.07) is 13.5. The Kier molecular flexibility index (Phi) is 5.56. The molecule has 0 atom stereocenters. The Balaban J connectivity index is 1.47. The van der Waals surface area contributed by atoms with Crippen LogP contribution in [-0.2, 0) is 17.8 Å². The quantitative estimate of drug-likeness (QED) is 0.704. The number of carbonyl (C=O) groups excluding carboxylic acids is 1. The molecular weight excluding hydrogens is 338 g/mol. The molecule has 130 valence electrons. The zero-order chi connectivity index (χ0) is 17.6. The first-order valence-electron chi connectivity index (χ1n) is 8.16. The van der Waals surface area contributed by atoms with E-state index in [0.717, 1.165) is 28.6 Å². The van der Waals surface area contributed by atoms with Crippen LogP contribution in [0.2, 0.25) is 5.02 Å². The van der Waals surface area contributed by atoms with Gasteiger partial charge in [0.15, 0.2) is 0 Å². The number of nitrogens with zero attached hydrogens (tertiary/aromatic N) is 2. The summed E-state index contributed by atoms with van der Waals surface area (Å²) in [7, 11) is 1.65. The molecule has 1 heterocycles. The van der Waals surface area contributed by atoms with Crippen LogP contribution in [0.1, 0.15) is 12.0 Å². The second-order valence-corrected chi connectivity index (χ2v) is 6.21. The number of ether oxygens (including phenoxy) is 1. The van der Waals surface area contributed by atoms with Crippen LogP contribution in [0.4, 0.5) is 0 Å². The summed E-state index contributed by atoms with van der Waals surface area (Å²) in [4.78, 5) is 12.0. The number of amides is 1. The molecule has 25 heavy (non-hydrogen) atoms. The van der Waals surface area contributed by atoms with Gasteiger partial charge in [0, 0.05) is 23.4 Å². The average Bonchev–Trinajstić information content (AvgIpc) is 3.02. The number of halogens is 1. The summed E-state index contributed by atoms with van der Waals surface area (Å²) in [5.41, 5.74) is 2.11. The molecule has 0 aliphatic rings. The lowest BCUT2D eigenvalue weighted by Crippen LogP contribution is -2.26. The van der Waals surface area contributed by atoms with Crippen LogP contribution in [0.5, 0.6) is 5.75 Å². The Morgan fingerprint density at radius 1 is 1.28 bits per heavy atom. The summed E-state index contributed by atoms with van der Waals surface area (Å²) in [5, 5.41) is 8.93. The SMILES string of the molecule is COc1cccc(CCNC(=O)CCn2ncc3cc(Cl)ccc32)c1. The number of rotatable bonds is 7. The second-order valence-electron chi connectivity index (χ2n) is 5.77. The van der Waals surface area contributed by atoms with Crippen molar-refractivity contribution in [2.75, 3.05) is 13.7 Å². The second kappa shape index (κ2) is 8.03. The largest absolute Gasteiger partial charge is 0.497 e. The predicted molar refractivity (Wildman–Crippen MR) is 99.1 cm³/mol. The van der Waals surface area contributed by atoms with E-state index >= 15 is 0 Å². The first-order valence-corrected chi connectivity index (χ1v) is 8.54. The number of methoxy groups -OCH3 is 1. The van der Waals surface area contributed by atoms with Crippen molar-refractivity contribution >= 4 is 28.4 Å². The van der Waals surface area contributed by atoms with Crippen molar-refractivity contribution in [1.29, 1.82) is 0 Å². The average molecular weight is 358 g/mol. The van der Waals surface area contributed by atoms with Crippen LogP contribution < -0.4 is 10.1 Å². The van der Waals surface area contributed by atoms with Crippen molar-refractivity contribution in [1.82, 2.24) is 15.1 Å². The summed E-state index contributed by atoms with van der Waals surface area (Å²) < 4.78 is 7.03. The van der Waals surface area contributed by atoms with Gasteiger partial charge >= 0.3 is 0 Å². The first-order chi connectivity index (χ1) is 12.2. The molecular formula is C19H20ClN3O2. The van der Waals surface area contributed by atoms with Gasteiger partial charge in [-0.1, -0.05) is 23.7 Å². The molecule has 0 saturated heterocycles.